The van der Waals surface area contributed by atoms with Crippen LogP contribution >= 0.6 is 0 Å². The molecule has 53 heavy (non-hydrogen) atoms. The zero-order valence-electron chi connectivity index (χ0n) is 33.0. The Morgan fingerprint density at radius 1 is 0.528 bits per heavy atom. The van der Waals surface area contributed by atoms with Gasteiger partial charge in [0.2, 0.25) is 29.5 Å². The van der Waals surface area contributed by atoms with Gasteiger partial charge < -0.3 is 31.3 Å². The Bertz CT molecular complexity index is 1230. The molecule has 300 valence electrons. The number of likely N-dealkylation sites (N-methyl/N-ethyl adjacent to an activating group) is 1. The molecular formula is C41H69N5O7. The Labute approximate surface area is 317 Å². The second kappa shape index (κ2) is 21.1. The lowest BCUT2D eigenvalue weighted by Crippen LogP contribution is -2.63. The average Bonchev–Trinajstić information content (AvgIpc) is 3.16. The summed E-state index contributed by atoms with van der Waals surface area (Å²) in [6.45, 7) is 5.26. The minimum atomic E-state index is -1.07. The monoisotopic (exact) mass is 744 g/mol. The zero-order chi connectivity index (χ0) is 38.5. The third kappa shape index (κ3) is 12.4. The summed E-state index contributed by atoms with van der Waals surface area (Å²) in [7, 11) is 1.52. The van der Waals surface area contributed by atoms with Crippen molar-refractivity contribution >= 4 is 35.5 Å². The average molecular weight is 744 g/mol. The molecule has 0 bridgehead atoms. The van der Waals surface area contributed by atoms with E-state index in [0.29, 0.717) is 6.42 Å². The number of carbonyl (C=O) groups excluding carboxylic acids is 5. The maximum Gasteiger partial charge on any atom is 0.326 e. The highest BCUT2D eigenvalue weighted by molar-refractivity contribution is 5.96. The van der Waals surface area contributed by atoms with Gasteiger partial charge in [0.15, 0.2) is 0 Å². The van der Waals surface area contributed by atoms with E-state index in [0.717, 1.165) is 128 Å². The number of amides is 5. The molecule has 4 rings (SSSR count). The zero-order valence-corrected chi connectivity index (χ0v) is 33.0. The molecule has 5 amide bonds. The van der Waals surface area contributed by atoms with E-state index in [1.54, 1.807) is 0 Å². The van der Waals surface area contributed by atoms with Gasteiger partial charge >= 0.3 is 5.97 Å². The van der Waals surface area contributed by atoms with Crippen LogP contribution in [0.15, 0.2) is 0 Å². The number of aliphatic carboxylic acids is 1. The van der Waals surface area contributed by atoms with Gasteiger partial charge in [-0.3, -0.25) is 24.0 Å². The van der Waals surface area contributed by atoms with Gasteiger partial charge in [-0.15, -0.1) is 0 Å². The number of carboxylic acid groups (broad SMARTS) is 1. The van der Waals surface area contributed by atoms with Crippen molar-refractivity contribution in [3.8, 4) is 0 Å². The number of nitrogens with zero attached hydrogens (tertiary/aromatic N) is 1. The molecule has 4 aliphatic rings. The number of carboxylic acids is 1. The first-order valence-corrected chi connectivity index (χ1v) is 21.0. The van der Waals surface area contributed by atoms with Gasteiger partial charge in [-0.2, -0.15) is 0 Å². The molecule has 0 aromatic heterocycles. The number of nitrogens with one attached hydrogen (secondary N) is 4. The highest BCUT2D eigenvalue weighted by Crippen LogP contribution is 2.32. The Kier molecular flexibility index (Phi) is 16.9. The maximum atomic E-state index is 14.5. The van der Waals surface area contributed by atoms with Gasteiger partial charge in [0.1, 0.15) is 30.2 Å². The maximum absolute atomic E-state index is 14.5. The molecule has 0 spiro atoms. The largest absolute Gasteiger partial charge is 0.480 e. The first kappa shape index (κ1) is 42.6. The van der Waals surface area contributed by atoms with Crippen LogP contribution in [0, 0.1) is 29.6 Å². The van der Waals surface area contributed by atoms with E-state index in [2.05, 4.69) is 21.3 Å². The molecule has 5 N–H and O–H groups in total. The van der Waals surface area contributed by atoms with Crippen LogP contribution in [0.2, 0.25) is 0 Å². The molecule has 12 heteroatoms. The molecule has 5 atom stereocenters. The smallest absolute Gasteiger partial charge is 0.326 e. The van der Waals surface area contributed by atoms with E-state index in [-0.39, 0.29) is 41.4 Å². The topological polar surface area (TPSA) is 174 Å². The third-order valence-electron chi connectivity index (χ3n) is 12.6. The van der Waals surface area contributed by atoms with Gasteiger partial charge in [0.25, 0.3) is 0 Å². The summed E-state index contributed by atoms with van der Waals surface area (Å²) in [5, 5.41) is 22.2. The Morgan fingerprint density at radius 2 is 0.830 bits per heavy atom. The molecule has 12 nitrogen and oxygen atoms in total. The second-order valence-electron chi connectivity index (χ2n) is 17.2. The summed E-state index contributed by atoms with van der Waals surface area (Å²) in [6, 6.07) is -4.43. The highest BCUT2D eigenvalue weighted by atomic mass is 16.4. The quantitative estimate of drug-likeness (QED) is 0.144. The van der Waals surface area contributed by atoms with Gasteiger partial charge in [0, 0.05) is 14.0 Å². The molecular weight excluding hydrogens is 674 g/mol. The normalized spacial score (nSPS) is 22.4. The van der Waals surface area contributed by atoms with E-state index in [1.165, 1.54) is 18.9 Å². The number of carbonyl (C=O) groups is 6. The van der Waals surface area contributed by atoms with E-state index >= 15 is 0 Å². The lowest BCUT2D eigenvalue weighted by atomic mass is 9.80. The van der Waals surface area contributed by atoms with Crippen molar-refractivity contribution in [2.75, 3.05) is 7.05 Å². The molecule has 4 fully saturated rings. The predicted molar refractivity (Wildman–Crippen MR) is 203 cm³/mol. The van der Waals surface area contributed by atoms with Crippen molar-refractivity contribution in [1.82, 2.24) is 26.2 Å². The van der Waals surface area contributed by atoms with Crippen molar-refractivity contribution in [2.24, 2.45) is 29.6 Å². The van der Waals surface area contributed by atoms with Crippen molar-refractivity contribution in [3.63, 3.8) is 0 Å². The van der Waals surface area contributed by atoms with Gasteiger partial charge in [-0.05, 0) is 87.4 Å². The molecule has 4 saturated carbocycles. The lowest BCUT2D eigenvalue weighted by Gasteiger charge is -2.38. The van der Waals surface area contributed by atoms with Crippen LogP contribution in [-0.2, 0) is 28.8 Å². The molecule has 0 radical (unpaired) electrons. The van der Waals surface area contributed by atoms with E-state index in [1.807, 2.05) is 13.8 Å². The molecule has 0 aromatic carbocycles. The molecule has 0 heterocycles. The van der Waals surface area contributed by atoms with Crippen LogP contribution in [0.3, 0.4) is 0 Å². The summed E-state index contributed by atoms with van der Waals surface area (Å²) >= 11 is 0. The number of rotatable bonds is 16. The minimum Gasteiger partial charge on any atom is -0.480 e. The van der Waals surface area contributed by atoms with Crippen molar-refractivity contribution in [2.45, 2.75) is 186 Å². The molecule has 0 saturated heterocycles. The lowest BCUT2D eigenvalue weighted by molar-refractivity contribution is -0.152. The van der Waals surface area contributed by atoms with Gasteiger partial charge in [0.05, 0.1) is 0 Å². The van der Waals surface area contributed by atoms with Crippen molar-refractivity contribution in [1.29, 1.82) is 0 Å². The minimum absolute atomic E-state index is 0.00265. The van der Waals surface area contributed by atoms with E-state index in [4.69, 9.17) is 0 Å². The highest BCUT2D eigenvalue weighted by Gasteiger charge is 2.42. The Balaban J connectivity index is 1.60. The third-order valence-corrected chi connectivity index (χ3v) is 12.6. The summed E-state index contributed by atoms with van der Waals surface area (Å²) in [6.07, 6.45) is 18.4. The van der Waals surface area contributed by atoms with Crippen LogP contribution in [0.25, 0.3) is 0 Å². The standard InChI is InChI=1S/C41H69N5O7/c1-26(2)25-32(41(52)53)46(4)40(51)36(31-23-15-8-16-24-31)45-39(50)35(30-21-13-7-14-22-30)44-38(49)34(29-19-11-6-12-20-29)43-37(48)33(42-27(3)47)28-17-9-5-10-18-28/h26,28-36H,5-25H2,1-4H3,(H,42,47)(H,43,48)(H,44,49)(H,45,50)(H,52,53)/t32-,33-,34-,35-,36-/m1/s1. The number of hydrogen-bond donors (Lipinski definition) is 5. The van der Waals surface area contributed by atoms with E-state index < -0.39 is 53.9 Å². The van der Waals surface area contributed by atoms with Crippen LogP contribution in [0.5, 0.6) is 0 Å². The fourth-order valence-corrected chi connectivity index (χ4v) is 9.64. The molecule has 0 aliphatic heterocycles. The SMILES string of the molecule is CC(=O)N[C@@H](C(=O)N[C@@H](C(=O)N[C@@H](C(=O)N[C@@H](C(=O)N(C)[C@H](CC(C)C)C(=O)O)C1CCCCC1)C1CCCCC1)C1CCCCC1)C1CCCCC1. The van der Waals surface area contributed by atoms with Crippen LogP contribution < -0.4 is 21.3 Å². The Morgan fingerprint density at radius 3 is 1.13 bits per heavy atom. The first-order chi connectivity index (χ1) is 25.4. The molecule has 0 aromatic rings. The van der Waals surface area contributed by atoms with Crippen LogP contribution in [-0.4, -0.2) is 82.8 Å². The second-order valence-corrected chi connectivity index (χ2v) is 17.2. The summed E-state index contributed by atoms with van der Waals surface area (Å²) in [4.78, 5) is 83.2. The van der Waals surface area contributed by atoms with Crippen LogP contribution in [0.4, 0.5) is 0 Å². The van der Waals surface area contributed by atoms with E-state index in [9.17, 15) is 33.9 Å². The predicted octanol–water partition coefficient (Wildman–Crippen LogP) is 5.22. The molecule has 0 unspecified atom stereocenters. The summed E-state index contributed by atoms with van der Waals surface area (Å²) in [5.41, 5.74) is 0. The molecule has 4 aliphatic carbocycles. The first-order valence-electron chi connectivity index (χ1n) is 21.0. The van der Waals surface area contributed by atoms with Crippen molar-refractivity contribution in [3.05, 3.63) is 0 Å². The van der Waals surface area contributed by atoms with Crippen molar-refractivity contribution < 1.29 is 33.9 Å². The summed E-state index contributed by atoms with van der Waals surface area (Å²) in [5.74, 6) is -3.28. The van der Waals surface area contributed by atoms with Gasteiger partial charge in [-0.1, -0.05) is 90.9 Å². The van der Waals surface area contributed by atoms with Gasteiger partial charge in [-0.25, -0.2) is 4.79 Å². The fourth-order valence-electron chi connectivity index (χ4n) is 9.64. The number of hydrogen-bond acceptors (Lipinski definition) is 6. The Hall–Kier alpha value is -3.18. The fraction of sp³-hybridized carbons (Fsp3) is 0.854. The summed E-state index contributed by atoms with van der Waals surface area (Å²) < 4.78 is 0. The van der Waals surface area contributed by atoms with Crippen LogP contribution in [0.1, 0.15) is 156 Å².